The Morgan fingerprint density at radius 2 is 1.61 bits per heavy atom. The van der Waals surface area contributed by atoms with Crippen molar-refractivity contribution in [2.24, 2.45) is 0 Å². The number of benzene rings is 2. The van der Waals surface area contributed by atoms with E-state index >= 15 is 0 Å². The molecule has 0 bridgehead atoms. The molecule has 2 nitrogen and oxygen atoms in total. The van der Waals surface area contributed by atoms with Gasteiger partial charge in [-0.15, -0.1) is 0 Å². The average molecular weight is 241 g/mol. The number of aliphatic hydroxyl groups excluding tert-OH is 1. The Balaban J connectivity index is 2.16. The van der Waals surface area contributed by atoms with E-state index in [-0.39, 0.29) is 6.61 Å². The average Bonchev–Trinajstić information content (AvgIpc) is 2.38. The van der Waals surface area contributed by atoms with E-state index in [1.54, 1.807) is 0 Å². The van der Waals surface area contributed by atoms with Crippen LogP contribution < -0.4 is 5.32 Å². The number of hydrogen-bond donors (Lipinski definition) is 2. The fraction of sp³-hybridized carbons (Fsp3) is 0.250. The monoisotopic (exact) mass is 241 g/mol. The zero-order valence-corrected chi connectivity index (χ0v) is 10.9. The van der Waals surface area contributed by atoms with Gasteiger partial charge in [-0.1, -0.05) is 36.4 Å². The topological polar surface area (TPSA) is 32.3 Å². The minimum absolute atomic E-state index is 0.0654. The number of anilines is 1. The standard InChI is InChI=1S/C16H19NO/c1-12-6-5-7-13(2)15(12)10-17-16-9-4-3-8-14(16)11-18/h3-9,17-18H,10-11H2,1-2H3. The minimum atomic E-state index is 0.0654. The Morgan fingerprint density at radius 1 is 0.944 bits per heavy atom. The summed E-state index contributed by atoms with van der Waals surface area (Å²) in [6.07, 6.45) is 0. The lowest BCUT2D eigenvalue weighted by molar-refractivity contribution is 0.282. The van der Waals surface area contributed by atoms with Crippen LogP contribution in [0.1, 0.15) is 22.3 Å². The van der Waals surface area contributed by atoms with Crippen molar-refractivity contribution in [3.05, 3.63) is 64.7 Å². The normalized spacial score (nSPS) is 10.4. The molecular weight excluding hydrogens is 222 g/mol. The summed E-state index contributed by atoms with van der Waals surface area (Å²) in [5.74, 6) is 0. The molecule has 0 radical (unpaired) electrons. The first-order chi connectivity index (χ1) is 8.72. The molecule has 0 aliphatic carbocycles. The van der Waals surface area contributed by atoms with Crippen molar-refractivity contribution in [1.29, 1.82) is 0 Å². The van der Waals surface area contributed by atoms with Gasteiger partial charge >= 0.3 is 0 Å². The molecule has 2 heteroatoms. The van der Waals surface area contributed by atoms with Gasteiger partial charge in [-0.25, -0.2) is 0 Å². The van der Waals surface area contributed by atoms with E-state index in [9.17, 15) is 5.11 Å². The SMILES string of the molecule is Cc1cccc(C)c1CNc1ccccc1CO. The van der Waals surface area contributed by atoms with Crippen LogP contribution in [-0.4, -0.2) is 5.11 Å². The van der Waals surface area contributed by atoms with Crippen molar-refractivity contribution in [3.8, 4) is 0 Å². The molecule has 0 saturated heterocycles. The summed E-state index contributed by atoms with van der Waals surface area (Å²) in [4.78, 5) is 0. The van der Waals surface area contributed by atoms with Crippen molar-refractivity contribution < 1.29 is 5.11 Å². The van der Waals surface area contributed by atoms with Crippen LogP contribution in [-0.2, 0) is 13.2 Å². The number of hydrogen-bond acceptors (Lipinski definition) is 2. The summed E-state index contributed by atoms with van der Waals surface area (Å²) in [7, 11) is 0. The maximum absolute atomic E-state index is 9.28. The summed E-state index contributed by atoms with van der Waals surface area (Å²) in [5, 5.41) is 12.7. The third-order valence-electron chi connectivity index (χ3n) is 3.29. The van der Waals surface area contributed by atoms with Gasteiger partial charge in [0.1, 0.15) is 0 Å². The van der Waals surface area contributed by atoms with Gasteiger partial charge in [-0.3, -0.25) is 0 Å². The first-order valence-corrected chi connectivity index (χ1v) is 6.20. The van der Waals surface area contributed by atoms with Gasteiger partial charge in [0, 0.05) is 17.8 Å². The Labute approximate surface area is 108 Å². The third kappa shape index (κ3) is 2.71. The summed E-state index contributed by atoms with van der Waals surface area (Å²) >= 11 is 0. The van der Waals surface area contributed by atoms with Crippen molar-refractivity contribution in [2.75, 3.05) is 5.32 Å². The summed E-state index contributed by atoms with van der Waals surface area (Å²) in [6, 6.07) is 14.2. The Kier molecular flexibility index (Phi) is 4.00. The van der Waals surface area contributed by atoms with E-state index in [2.05, 4.69) is 37.4 Å². The van der Waals surface area contributed by atoms with Crippen LogP contribution in [0.4, 0.5) is 5.69 Å². The molecule has 0 fully saturated rings. The second kappa shape index (κ2) is 5.69. The predicted molar refractivity (Wildman–Crippen MR) is 75.6 cm³/mol. The molecule has 0 unspecified atom stereocenters. The highest BCUT2D eigenvalue weighted by atomic mass is 16.3. The highest BCUT2D eigenvalue weighted by molar-refractivity contribution is 5.51. The zero-order valence-electron chi connectivity index (χ0n) is 10.9. The molecule has 18 heavy (non-hydrogen) atoms. The summed E-state index contributed by atoms with van der Waals surface area (Å²) in [6.45, 7) is 5.11. The zero-order chi connectivity index (χ0) is 13.0. The Morgan fingerprint density at radius 3 is 2.28 bits per heavy atom. The molecule has 2 aromatic rings. The molecule has 0 heterocycles. The molecule has 0 aliphatic heterocycles. The van der Waals surface area contributed by atoms with Crippen LogP contribution in [0.15, 0.2) is 42.5 Å². The Hall–Kier alpha value is -1.80. The lowest BCUT2D eigenvalue weighted by atomic mass is 10.0. The van der Waals surface area contributed by atoms with E-state index in [4.69, 9.17) is 0 Å². The second-order valence-electron chi connectivity index (χ2n) is 4.54. The first-order valence-electron chi connectivity index (χ1n) is 6.20. The number of aryl methyl sites for hydroxylation is 2. The molecule has 2 aromatic carbocycles. The summed E-state index contributed by atoms with van der Waals surface area (Å²) in [5.41, 5.74) is 5.85. The minimum Gasteiger partial charge on any atom is -0.392 e. The molecule has 0 atom stereocenters. The Bertz CT molecular complexity index is 514. The van der Waals surface area contributed by atoms with Gasteiger partial charge in [-0.2, -0.15) is 0 Å². The van der Waals surface area contributed by atoms with Crippen LogP contribution in [0.5, 0.6) is 0 Å². The van der Waals surface area contributed by atoms with Crippen LogP contribution in [0, 0.1) is 13.8 Å². The molecule has 94 valence electrons. The lowest BCUT2D eigenvalue weighted by Gasteiger charge is -2.14. The molecular formula is C16H19NO. The number of nitrogens with one attached hydrogen (secondary N) is 1. The van der Waals surface area contributed by atoms with Crippen LogP contribution in [0.3, 0.4) is 0 Å². The number of rotatable bonds is 4. The van der Waals surface area contributed by atoms with Gasteiger partial charge in [0.05, 0.1) is 6.61 Å². The smallest absolute Gasteiger partial charge is 0.0701 e. The van der Waals surface area contributed by atoms with E-state index in [0.717, 1.165) is 17.8 Å². The van der Waals surface area contributed by atoms with Crippen molar-refractivity contribution >= 4 is 5.69 Å². The van der Waals surface area contributed by atoms with Crippen LogP contribution in [0.2, 0.25) is 0 Å². The number of para-hydroxylation sites is 1. The van der Waals surface area contributed by atoms with Gasteiger partial charge in [0.15, 0.2) is 0 Å². The largest absolute Gasteiger partial charge is 0.392 e. The molecule has 0 aliphatic rings. The highest BCUT2D eigenvalue weighted by Crippen LogP contribution is 2.19. The molecule has 0 aromatic heterocycles. The fourth-order valence-electron chi connectivity index (χ4n) is 2.14. The van der Waals surface area contributed by atoms with Crippen molar-refractivity contribution in [3.63, 3.8) is 0 Å². The quantitative estimate of drug-likeness (QED) is 0.859. The molecule has 2 rings (SSSR count). The highest BCUT2D eigenvalue weighted by Gasteiger charge is 2.04. The van der Waals surface area contributed by atoms with E-state index in [1.165, 1.54) is 16.7 Å². The van der Waals surface area contributed by atoms with E-state index < -0.39 is 0 Å². The predicted octanol–water partition coefficient (Wildman–Crippen LogP) is 3.41. The summed E-state index contributed by atoms with van der Waals surface area (Å²) < 4.78 is 0. The van der Waals surface area contributed by atoms with Crippen molar-refractivity contribution in [2.45, 2.75) is 27.0 Å². The molecule has 0 amide bonds. The van der Waals surface area contributed by atoms with E-state index in [0.29, 0.717) is 0 Å². The van der Waals surface area contributed by atoms with Gasteiger partial charge in [-0.05, 0) is 36.6 Å². The van der Waals surface area contributed by atoms with Crippen molar-refractivity contribution in [1.82, 2.24) is 0 Å². The number of aliphatic hydroxyl groups is 1. The van der Waals surface area contributed by atoms with Gasteiger partial charge < -0.3 is 10.4 Å². The van der Waals surface area contributed by atoms with E-state index in [1.807, 2.05) is 24.3 Å². The first kappa shape index (κ1) is 12.7. The molecule has 0 spiro atoms. The molecule has 2 N–H and O–H groups in total. The fourth-order valence-corrected chi connectivity index (χ4v) is 2.14. The second-order valence-corrected chi connectivity index (χ2v) is 4.54. The maximum Gasteiger partial charge on any atom is 0.0701 e. The third-order valence-corrected chi connectivity index (χ3v) is 3.29. The van der Waals surface area contributed by atoms with Gasteiger partial charge in [0.25, 0.3) is 0 Å². The van der Waals surface area contributed by atoms with Crippen LogP contribution in [0.25, 0.3) is 0 Å². The van der Waals surface area contributed by atoms with Gasteiger partial charge in [0.2, 0.25) is 0 Å². The van der Waals surface area contributed by atoms with Crippen LogP contribution >= 0.6 is 0 Å². The maximum atomic E-state index is 9.28. The molecule has 0 saturated carbocycles. The lowest BCUT2D eigenvalue weighted by Crippen LogP contribution is -2.05.